The third-order valence-corrected chi connectivity index (χ3v) is 3.34. The highest BCUT2D eigenvalue weighted by atomic mass is 14.5. The molecule has 2 aliphatic rings. The number of rotatable bonds is 1. The van der Waals surface area contributed by atoms with Crippen LogP contribution < -0.4 is 0 Å². The zero-order chi connectivity index (χ0) is 8.77. The van der Waals surface area contributed by atoms with Gasteiger partial charge in [-0.05, 0) is 42.4 Å². The van der Waals surface area contributed by atoms with Gasteiger partial charge in [-0.2, -0.15) is 0 Å². The summed E-state index contributed by atoms with van der Waals surface area (Å²) in [5, 5.41) is 0. The largest absolute Gasteiger partial charge is 0.0877 e. The average molecular weight is 163 g/mol. The molecule has 0 heteroatoms. The minimum Gasteiger partial charge on any atom is -0.0877 e. The van der Waals surface area contributed by atoms with Crippen LogP contribution in [0.25, 0.3) is 0 Å². The van der Waals surface area contributed by atoms with Crippen LogP contribution in [0.4, 0.5) is 0 Å². The molecule has 67 valence electrons. The van der Waals surface area contributed by atoms with Crippen LogP contribution in [0, 0.1) is 23.2 Å². The molecule has 1 fully saturated rings. The fourth-order valence-corrected chi connectivity index (χ4v) is 2.72. The molecule has 0 aromatic carbocycles. The van der Waals surface area contributed by atoms with E-state index < -0.39 is 0 Å². The lowest BCUT2D eigenvalue weighted by atomic mass is 9.65. The molecule has 0 aromatic heterocycles. The Morgan fingerprint density at radius 3 is 2.50 bits per heavy atom. The van der Waals surface area contributed by atoms with Crippen LogP contribution in [-0.2, 0) is 0 Å². The monoisotopic (exact) mass is 163 g/mol. The molecule has 1 saturated carbocycles. The van der Waals surface area contributed by atoms with Gasteiger partial charge in [0.1, 0.15) is 0 Å². The van der Waals surface area contributed by atoms with Crippen molar-refractivity contribution in [2.24, 2.45) is 17.3 Å². The minimum absolute atomic E-state index is 0.481. The maximum Gasteiger partial charge on any atom is -0.00850 e. The van der Waals surface area contributed by atoms with Gasteiger partial charge in [0.2, 0.25) is 0 Å². The molecule has 0 N–H and O–H groups in total. The molecule has 0 bridgehead atoms. The van der Waals surface area contributed by atoms with E-state index in [0.717, 1.165) is 11.8 Å². The third-order valence-electron chi connectivity index (χ3n) is 3.34. The molecule has 0 aromatic rings. The quantitative estimate of drug-likeness (QED) is 0.518. The van der Waals surface area contributed by atoms with Crippen molar-refractivity contribution in [2.45, 2.75) is 40.0 Å². The first-order valence-corrected chi connectivity index (χ1v) is 5.15. The van der Waals surface area contributed by atoms with Gasteiger partial charge in [0.15, 0.2) is 0 Å². The Kier molecular flexibility index (Phi) is 1.82. The van der Waals surface area contributed by atoms with E-state index in [2.05, 4.69) is 32.9 Å². The van der Waals surface area contributed by atoms with Crippen molar-refractivity contribution in [2.75, 3.05) is 0 Å². The lowest BCUT2D eigenvalue weighted by Gasteiger charge is -2.39. The smallest absolute Gasteiger partial charge is 0.00850 e. The summed E-state index contributed by atoms with van der Waals surface area (Å²) in [6, 6.07) is 0. The topological polar surface area (TPSA) is 0 Å². The van der Waals surface area contributed by atoms with Gasteiger partial charge in [-0.1, -0.05) is 32.9 Å². The van der Waals surface area contributed by atoms with Crippen LogP contribution >= 0.6 is 0 Å². The molecule has 0 aliphatic heterocycles. The molecule has 0 spiro atoms. The molecule has 1 atom stereocenters. The normalized spacial score (nSPS) is 35.4. The molecule has 2 aliphatic carbocycles. The molecule has 0 amide bonds. The highest BCUT2D eigenvalue weighted by Crippen LogP contribution is 2.54. The first kappa shape index (κ1) is 8.34. The molecule has 12 heavy (non-hydrogen) atoms. The predicted molar refractivity (Wildman–Crippen MR) is 52.7 cm³/mol. The zero-order valence-electron chi connectivity index (χ0n) is 8.43. The maximum absolute atomic E-state index is 2.40. The summed E-state index contributed by atoms with van der Waals surface area (Å²) < 4.78 is 0. The van der Waals surface area contributed by atoms with Crippen molar-refractivity contribution >= 4 is 0 Å². The SMILES string of the molecule is CC1C=CCC(C)(C)[C]1C1CC1. The van der Waals surface area contributed by atoms with Gasteiger partial charge < -0.3 is 0 Å². The van der Waals surface area contributed by atoms with Gasteiger partial charge in [0.05, 0.1) is 0 Å². The Balaban J connectivity index is 2.19. The molecule has 1 unspecified atom stereocenters. The van der Waals surface area contributed by atoms with Crippen molar-refractivity contribution in [3.8, 4) is 0 Å². The van der Waals surface area contributed by atoms with Crippen LogP contribution in [0.3, 0.4) is 0 Å². The molecular formula is C12H19. The Morgan fingerprint density at radius 1 is 1.33 bits per heavy atom. The molecule has 2 rings (SSSR count). The van der Waals surface area contributed by atoms with Crippen LogP contribution in [0.2, 0.25) is 0 Å². The Labute approximate surface area is 76.1 Å². The van der Waals surface area contributed by atoms with Gasteiger partial charge in [-0.3, -0.25) is 0 Å². The average Bonchev–Trinajstić information content (AvgIpc) is 2.68. The summed E-state index contributed by atoms with van der Waals surface area (Å²) >= 11 is 0. The first-order valence-electron chi connectivity index (χ1n) is 5.15. The highest BCUT2D eigenvalue weighted by Gasteiger charge is 2.44. The van der Waals surface area contributed by atoms with Crippen molar-refractivity contribution in [1.82, 2.24) is 0 Å². The Hall–Kier alpha value is -0.260. The first-order chi connectivity index (χ1) is 5.61. The van der Waals surface area contributed by atoms with Gasteiger partial charge in [-0.25, -0.2) is 0 Å². The van der Waals surface area contributed by atoms with E-state index in [1.54, 1.807) is 0 Å². The lowest BCUT2D eigenvalue weighted by Crippen LogP contribution is -2.30. The third kappa shape index (κ3) is 1.32. The van der Waals surface area contributed by atoms with Crippen LogP contribution in [0.1, 0.15) is 40.0 Å². The van der Waals surface area contributed by atoms with Crippen molar-refractivity contribution in [3.05, 3.63) is 18.1 Å². The van der Waals surface area contributed by atoms with Crippen LogP contribution in [-0.4, -0.2) is 0 Å². The van der Waals surface area contributed by atoms with Crippen molar-refractivity contribution in [3.63, 3.8) is 0 Å². The molecule has 0 saturated heterocycles. The fourth-order valence-electron chi connectivity index (χ4n) is 2.72. The molecule has 0 nitrogen and oxygen atoms in total. The van der Waals surface area contributed by atoms with E-state index >= 15 is 0 Å². The zero-order valence-corrected chi connectivity index (χ0v) is 8.43. The van der Waals surface area contributed by atoms with E-state index in [9.17, 15) is 0 Å². The van der Waals surface area contributed by atoms with E-state index in [1.807, 2.05) is 5.92 Å². The summed E-state index contributed by atoms with van der Waals surface area (Å²) in [6.07, 6.45) is 8.91. The Morgan fingerprint density at radius 2 is 2.00 bits per heavy atom. The summed E-state index contributed by atoms with van der Waals surface area (Å²) in [5.41, 5.74) is 0.481. The van der Waals surface area contributed by atoms with E-state index in [0.29, 0.717) is 5.41 Å². The van der Waals surface area contributed by atoms with Crippen LogP contribution in [0.15, 0.2) is 12.2 Å². The van der Waals surface area contributed by atoms with E-state index in [1.165, 1.54) is 19.3 Å². The second-order valence-corrected chi connectivity index (χ2v) is 5.03. The fraction of sp³-hybridized carbons (Fsp3) is 0.750. The standard InChI is InChI=1S/C12H19/c1-9-5-4-8-12(2,3)11(9)10-6-7-10/h4-5,9-10H,6-8H2,1-3H3. The molecular weight excluding hydrogens is 144 g/mol. The Bertz CT molecular complexity index is 196. The van der Waals surface area contributed by atoms with Crippen LogP contribution in [0.5, 0.6) is 0 Å². The predicted octanol–water partition coefficient (Wildman–Crippen LogP) is 3.59. The van der Waals surface area contributed by atoms with E-state index in [4.69, 9.17) is 0 Å². The second-order valence-electron chi connectivity index (χ2n) is 5.03. The summed E-state index contributed by atoms with van der Waals surface area (Å²) in [5.74, 6) is 3.53. The van der Waals surface area contributed by atoms with Gasteiger partial charge in [-0.15, -0.1) is 0 Å². The maximum atomic E-state index is 2.40. The summed E-state index contributed by atoms with van der Waals surface area (Å²) in [4.78, 5) is 0. The number of hydrogen-bond acceptors (Lipinski definition) is 0. The lowest BCUT2D eigenvalue weighted by molar-refractivity contribution is 0.303. The van der Waals surface area contributed by atoms with Crippen molar-refractivity contribution < 1.29 is 0 Å². The second kappa shape index (κ2) is 2.61. The summed E-state index contributed by atoms with van der Waals surface area (Å²) in [7, 11) is 0. The van der Waals surface area contributed by atoms with Gasteiger partial charge >= 0.3 is 0 Å². The van der Waals surface area contributed by atoms with Gasteiger partial charge in [0, 0.05) is 0 Å². The highest BCUT2D eigenvalue weighted by molar-refractivity contribution is 5.23. The van der Waals surface area contributed by atoms with E-state index in [-0.39, 0.29) is 0 Å². The number of allylic oxidation sites excluding steroid dienone is 2. The number of hydrogen-bond donors (Lipinski definition) is 0. The molecule has 1 radical (unpaired) electrons. The van der Waals surface area contributed by atoms with Gasteiger partial charge in [0.25, 0.3) is 0 Å². The minimum atomic E-state index is 0.481. The molecule has 0 heterocycles. The summed E-state index contributed by atoms with van der Waals surface area (Å²) in [6.45, 7) is 7.16. The van der Waals surface area contributed by atoms with Crippen molar-refractivity contribution in [1.29, 1.82) is 0 Å².